The highest BCUT2D eigenvalue weighted by Crippen LogP contribution is 2.34. The van der Waals surface area contributed by atoms with Crippen LogP contribution in [0.3, 0.4) is 0 Å². The Morgan fingerprint density at radius 2 is 1.71 bits per heavy atom. The molecule has 0 aliphatic carbocycles. The van der Waals surface area contributed by atoms with Crippen molar-refractivity contribution in [3.05, 3.63) is 59.0 Å². The lowest BCUT2D eigenvalue weighted by Gasteiger charge is -2.10. The van der Waals surface area contributed by atoms with Crippen molar-refractivity contribution < 1.29 is 13.9 Å². The number of hydrogen-bond donors (Lipinski definition) is 0. The first-order chi connectivity index (χ1) is 10.3. The van der Waals surface area contributed by atoms with Crippen molar-refractivity contribution in [2.45, 2.75) is 0 Å². The summed E-state index contributed by atoms with van der Waals surface area (Å²) in [5.74, 6) is 0.893. The zero-order valence-corrected chi connectivity index (χ0v) is 11.8. The van der Waals surface area contributed by atoms with Crippen molar-refractivity contribution in [3.8, 4) is 22.6 Å². The highest BCUT2D eigenvalue weighted by atomic mass is 16.5. The predicted octanol–water partition coefficient (Wildman–Crippen LogP) is 3.48. The van der Waals surface area contributed by atoms with Crippen LogP contribution in [0.1, 0.15) is 0 Å². The normalized spacial score (nSPS) is 10.6. The van der Waals surface area contributed by atoms with Crippen LogP contribution in [0.2, 0.25) is 0 Å². The fourth-order valence-electron chi connectivity index (χ4n) is 2.35. The van der Waals surface area contributed by atoms with Gasteiger partial charge in [0, 0.05) is 0 Å². The van der Waals surface area contributed by atoms with Crippen LogP contribution in [0.4, 0.5) is 0 Å². The highest BCUT2D eigenvalue weighted by Gasteiger charge is 2.16. The molecular formula is C17H14O4. The molecule has 0 fully saturated rings. The number of rotatable bonds is 3. The zero-order valence-electron chi connectivity index (χ0n) is 11.8. The SMILES string of the molecule is COc1ccc2occ(-c3ccccc3)c(=O)c2c1OC. The maximum absolute atomic E-state index is 12.8. The summed E-state index contributed by atoms with van der Waals surface area (Å²) in [4.78, 5) is 12.8. The molecule has 3 rings (SSSR count). The van der Waals surface area contributed by atoms with Gasteiger partial charge in [-0.1, -0.05) is 30.3 Å². The van der Waals surface area contributed by atoms with Crippen molar-refractivity contribution >= 4 is 11.0 Å². The van der Waals surface area contributed by atoms with Crippen LogP contribution >= 0.6 is 0 Å². The van der Waals surface area contributed by atoms with Gasteiger partial charge in [-0.3, -0.25) is 4.79 Å². The summed E-state index contributed by atoms with van der Waals surface area (Å²) in [6.07, 6.45) is 1.48. The van der Waals surface area contributed by atoms with Crippen LogP contribution in [-0.2, 0) is 0 Å². The molecule has 4 heteroatoms. The van der Waals surface area contributed by atoms with Gasteiger partial charge in [0.05, 0.1) is 19.8 Å². The van der Waals surface area contributed by atoms with Gasteiger partial charge in [-0.05, 0) is 17.7 Å². The largest absolute Gasteiger partial charge is 0.493 e. The Kier molecular flexibility index (Phi) is 3.36. The Morgan fingerprint density at radius 1 is 0.952 bits per heavy atom. The van der Waals surface area contributed by atoms with Gasteiger partial charge < -0.3 is 13.9 Å². The van der Waals surface area contributed by atoms with Gasteiger partial charge in [0.2, 0.25) is 5.43 Å². The minimum atomic E-state index is -0.141. The van der Waals surface area contributed by atoms with E-state index in [9.17, 15) is 4.79 Å². The van der Waals surface area contributed by atoms with Crippen LogP contribution in [0.15, 0.2) is 57.9 Å². The minimum Gasteiger partial charge on any atom is -0.493 e. The third-order valence-corrected chi connectivity index (χ3v) is 3.37. The molecular weight excluding hydrogens is 268 g/mol. The van der Waals surface area contributed by atoms with E-state index in [0.717, 1.165) is 5.56 Å². The minimum absolute atomic E-state index is 0.141. The van der Waals surface area contributed by atoms with Gasteiger partial charge in [-0.2, -0.15) is 0 Å². The molecule has 3 aromatic rings. The van der Waals surface area contributed by atoms with E-state index in [4.69, 9.17) is 13.9 Å². The molecule has 0 amide bonds. The number of ether oxygens (including phenoxy) is 2. The third kappa shape index (κ3) is 2.14. The second kappa shape index (κ2) is 5.32. The molecule has 1 aromatic heterocycles. The van der Waals surface area contributed by atoms with Crippen molar-refractivity contribution in [1.82, 2.24) is 0 Å². The smallest absolute Gasteiger partial charge is 0.204 e. The van der Waals surface area contributed by atoms with E-state index in [0.29, 0.717) is 28.0 Å². The molecule has 0 spiro atoms. The number of benzene rings is 2. The molecule has 0 radical (unpaired) electrons. The Balaban J connectivity index is 2.37. The van der Waals surface area contributed by atoms with Gasteiger partial charge in [-0.15, -0.1) is 0 Å². The first-order valence-corrected chi connectivity index (χ1v) is 6.48. The van der Waals surface area contributed by atoms with E-state index >= 15 is 0 Å². The summed E-state index contributed by atoms with van der Waals surface area (Å²) in [6, 6.07) is 12.8. The molecule has 1 heterocycles. The average molecular weight is 282 g/mol. The third-order valence-electron chi connectivity index (χ3n) is 3.37. The molecule has 2 aromatic carbocycles. The summed E-state index contributed by atoms with van der Waals surface area (Å²) in [6.45, 7) is 0. The molecule has 21 heavy (non-hydrogen) atoms. The molecule has 106 valence electrons. The first-order valence-electron chi connectivity index (χ1n) is 6.48. The summed E-state index contributed by atoms with van der Waals surface area (Å²) >= 11 is 0. The number of methoxy groups -OCH3 is 2. The molecule has 0 unspecified atom stereocenters. The van der Waals surface area contributed by atoms with Crippen molar-refractivity contribution in [3.63, 3.8) is 0 Å². The van der Waals surface area contributed by atoms with E-state index in [1.165, 1.54) is 20.5 Å². The Labute approximate surface area is 121 Å². The van der Waals surface area contributed by atoms with Crippen LogP contribution in [-0.4, -0.2) is 14.2 Å². The first kappa shape index (κ1) is 13.2. The monoisotopic (exact) mass is 282 g/mol. The summed E-state index contributed by atoms with van der Waals surface area (Å²) in [7, 11) is 3.04. The Hall–Kier alpha value is -2.75. The van der Waals surface area contributed by atoms with Crippen LogP contribution < -0.4 is 14.9 Å². The lowest BCUT2D eigenvalue weighted by atomic mass is 10.1. The average Bonchev–Trinajstić information content (AvgIpc) is 2.55. The Morgan fingerprint density at radius 3 is 2.38 bits per heavy atom. The van der Waals surface area contributed by atoms with Gasteiger partial charge in [0.15, 0.2) is 11.5 Å². The second-order valence-corrected chi connectivity index (χ2v) is 4.52. The predicted molar refractivity (Wildman–Crippen MR) is 81.0 cm³/mol. The molecule has 0 aliphatic rings. The van der Waals surface area contributed by atoms with E-state index in [1.807, 2.05) is 30.3 Å². The highest BCUT2D eigenvalue weighted by molar-refractivity contribution is 5.89. The van der Waals surface area contributed by atoms with Gasteiger partial charge in [-0.25, -0.2) is 0 Å². The Bertz CT molecular complexity index is 835. The lowest BCUT2D eigenvalue weighted by Crippen LogP contribution is -2.07. The van der Waals surface area contributed by atoms with Crippen LogP contribution in [0, 0.1) is 0 Å². The molecule has 4 nitrogen and oxygen atoms in total. The van der Waals surface area contributed by atoms with E-state index in [1.54, 1.807) is 12.1 Å². The number of fused-ring (bicyclic) bond motifs is 1. The molecule has 0 atom stereocenters. The van der Waals surface area contributed by atoms with Crippen molar-refractivity contribution in [2.75, 3.05) is 14.2 Å². The topological polar surface area (TPSA) is 48.7 Å². The maximum atomic E-state index is 12.8. The summed E-state index contributed by atoms with van der Waals surface area (Å²) in [5.41, 5.74) is 1.63. The fourth-order valence-corrected chi connectivity index (χ4v) is 2.35. The maximum Gasteiger partial charge on any atom is 0.204 e. The molecule has 0 bridgehead atoms. The molecule has 0 N–H and O–H groups in total. The summed E-state index contributed by atoms with van der Waals surface area (Å²) in [5, 5.41) is 0.387. The second-order valence-electron chi connectivity index (χ2n) is 4.52. The van der Waals surface area contributed by atoms with Crippen molar-refractivity contribution in [2.24, 2.45) is 0 Å². The van der Waals surface area contributed by atoms with Gasteiger partial charge in [0.25, 0.3) is 0 Å². The van der Waals surface area contributed by atoms with E-state index in [-0.39, 0.29) is 5.43 Å². The van der Waals surface area contributed by atoms with Gasteiger partial charge in [0.1, 0.15) is 17.2 Å². The van der Waals surface area contributed by atoms with Crippen molar-refractivity contribution in [1.29, 1.82) is 0 Å². The zero-order chi connectivity index (χ0) is 14.8. The number of hydrogen-bond acceptors (Lipinski definition) is 4. The van der Waals surface area contributed by atoms with E-state index < -0.39 is 0 Å². The lowest BCUT2D eigenvalue weighted by molar-refractivity contribution is 0.358. The molecule has 0 saturated heterocycles. The van der Waals surface area contributed by atoms with Crippen LogP contribution in [0.25, 0.3) is 22.1 Å². The fraction of sp³-hybridized carbons (Fsp3) is 0.118. The van der Waals surface area contributed by atoms with E-state index in [2.05, 4.69) is 0 Å². The molecule has 0 aliphatic heterocycles. The summed E-state index contributed by atoms with van der Waals surface area (Å²) < 4.78 is 16.2. The quantitative estimate of drug-likeness (QED) is 0.738. The molecule has 0 saturated carbocycles. The standard InChI is InChI=1S/C17H14O4/c1-19-14-9-8-13-15(17(14)20-2)16(18)12(10-21-13)11-6-4-3-5-7-11/h3-10H,1-2H3. The van der Waals surface area contributed by atoms with Gasteiger partial charge >= 0.3 is 0 Å². The van der Waals surface area contributed by atoms with Crippen LogP contribution in [0.5, 0.6) is 11.5 Å².